The van der Waals surface area contributed by atoms with Crippen molar-refractivity contribution in [2.75, 3.05) is 6.54 Å². The molecule has 0 spiro atoms. The van der Waals surface area contributed by atoms with Gasteiger partial charge in [0.05, 0.1) is 0 Å². The Morgan fingerprint density at radius 3 is 2.47 bits per heavy atom. The Bertz CT molecular complexity index is 348. The van der Waals surface area contributed by atoms with E-state index in [4.69, 9.17) is 0 Å². The van der Waals surface area contributed by atoms with E-state index in [1.807, 2.05) is 12.4 Å². The second-order valence-electron chi connectivity index (χ2n) is 5.60. The molecule has 1 aliphatic carbocycles. The minimum Gasteiger partial charge on any atom is -0.313 e. The molecule has 1 aromatic heterocycles. The van der Waals surface area contributed by atoms with Crippen molar-refractivity contribution < 1.29 is 0 Å². The first-order valence-corrected chi connectivity index (χ1v) is 7.06. The standard InChI is InChI=1S/C15H22N2/c1-2-8-15(9-3-1,14-5-4-10-17-14)13-6-11-16-12-7-13/h6-7,11-12,14,17H,1-5,8-10H2. The zero-order valence-corrected chi connectivity index (χ0v) is 10.5. The van der Waals surface area contributed by atoms with Gasteiger partial charge >= 0.3 is 0 Å². The van der Waals surface area contributed by atoms with Gasteiger partial charge in [-0.3, -0.25) is 4.98 Å². The fourth-order valence-electron chi connectivity index (χ4n) is 3.86. The molecule has 92 valence electrons. The molecule has 1 N–H and O–H groups in total. The minimum absolute atomic E-state index is 0.400. The van der Waals surface area contributed by atoms with Crippen LogP contribution in [0.3, 0.4) is 0 Å². The predicted molar refractivity (Wildman–Crippen MR) is 70.0 cm³/mol. The molecule has 2 nitrogen and oxygen atoms in total. The number of pyridine rings is 1. The van der Waals surface area contributed by atoms with E-state index in [-0.39, 0.29) is 0 Å². The number of rotatable bonds is 2. The molecule has 2 heterocycles. The molecule has 1 saturated carbocycles. The molecule has 1 unspecified atom stereocenters. The van der Waals surface area contributed by atoms with Gasteiger partial charge < -0.3 is 5.32 Å². The minimum atomic E-state index is 0.400. The maximum Gasteiger partial charge on any atom is 0.0270 e. The van der Waals surface area contributed by atoms with Crippen molar-refractivity contribution in [3.8, 4) is 0 Å². The van der Waals surface area contributed by atoms with Gasteiger partial charge in [-0.05, 0) is 49.9 Å². The van der Waals surface area contributed by atoms with Gasteiger partial charge in [-0.2, -0.15) is 0 Å². The van der Waals surface area contributed by atoms with E-state index < -0.39 is 0 Å². The molecule has 1 saturated heterocycles. The Hall–Kier alpha value is -0.890. The van der Waals surface area contributed by atoms with E-state index in [0.29, 0.717) is 11.5 Å². The van der Waals surface area contributed by atoms with E-state index in [1.165, 1.54) is 57.1 Å². The van der Waals surface area contributed by atoms with Gasteiger partial charge in [0.25, 0.3) is 0 Å². The van der Waals surface area contributed by atoms with Gasteiger partial charge in [0.1, 0.15) is 0 Å². The maximum atomic E-state index is 4.18. The van der Waals surface area contributed by atoms with Crippen LogP contribution in [0.1, 0.15) is 50.5 Å². The van der Waals surface area contributed by atoms with Crippen LogP contribution in [0.25, 0.3) is 0 Å². The zero-order chi connectivity index (χ0) is 11.6. The maximum absolute atomic E-state index is 4.18. The van der Waals surface area contributed by atoms with Gasteiger partial charge in [0.15, 0.2) is 0 Å². The quantitative estimate of drug-likeness (QED) is 0.844. The van der Waals surface area contributed by atoms with Crippen LogP contribution < -0.4 is 5.32 Å². The molecule has 0 radical (unpaired) electrons. The Morgan fingerprint density at radius 2 is 1.82 bits per heavy atom. The van der Waals surface area contributed by atoms with Crippen LogP contribution in [0.4, 0.5) is 0 Å². The summed E-state index contributed by atoms with van der Waals surface area (Å²) in [7, 11) is 0. The van der Waals surface area contributed by atoms with Crippen LogP contribution in [0, 0.1) is 0 Å². The Kier molecular flexibility index (Phi) is 3.15. The second-order valence-corrected chi connectivity index (χ2v) is 5.60. The average molecular weight is 230 g/mol. The number of nitrogens with one attached hydrogen (secondary N) is 1. The third-order valence-electron chi connectivity index (χ3n) is 4.73. The van der Waals surface area contributed by atoms with Gasteiger partial charge in [0, 0.05) is 23.9 Å². The monoisotopic (exact) mass is 230 g/mol. The Morgan fingerprint density at radius 1 is 1.06 bits per heavy atom. The summed E-state index contributed by atoms with van der Waals surface area (Å²) in [6.45, 7) is 1.21. The molecular weight excluding hydrogens is 208 g/mol. The highest BCUT2D eigenvalue weighted by atomic mass is 15.0. The number of nitrogens with zero attached hydrogens (tertiary/aromatic N) is 1. The largest absolute Gasteiger partial charge is 0.313 e. The number of aromatic nitrogens is 1. The first kappa shape index (κ1) is 11.2. The Balaban J connectivity index is 1.95. The first-order chi connectivity index (χ1) is 8.42. The van der Waals surface area contributed by atoms with Crippen LogP contribution in [-0.4, -0.2) is 17.6 Å². The zero-order valence-electron chi connectivity index (χ0n) is 10.5. The molecule has 17 heavy (non-hydrogen) atoms. The lowest BCUT2D eigenvalue weighted by Crippen LogP contribution is -2.46. The lowest BCUT2D eigenvalue weighted by Gasteiger charge is -2.43. The smallest absolute Gasteiger partial charge is 0.0270 e. The van der Waals surface area contributed by atoms with Crippen molar-refractivity contribution >= 4 is 0 Å². The first-order valence-electron chi connectivity index (χ1n) is 7.06. The third kappa shape index (κ3) is 1.99. The summed E-state index contributed by atoms with van der Waals surface area (Å²) in [5, 5.41) is 3.75. The van der Waals surface area contributed by atoms with Crippen LogP contribution in [0.5, 0.6) is 0 Å². The second kappa shape index (κ2) is 4.77. The summed E-state index contributed by atoms with van der Waals surface area (Å²) < 4.78 is 0. The highest BCUT2D eigenvalue weighted by Gasteiger charge is 2.42. The van der Waals surface area contributed by atoms with Crippen molar-refractivity contribution in [2.45, 2.75) is 56.4 Å². The lowest BCUT2D eigenvalue weighted by molar-refractivity contribution is 0.227. The van der Waals surface area contributed by atoms with Crippen LogP contribution in [0.2, 0.25) is 0 Å². The van der Waals surface area contributed by atoms with Crippen molar-refractivity contribution in [3.05, 3.63) is 30.1 Å². The van der Waals surface area contributed by atoms with Gasteiger partial charge in [-0.15, -0.1) is 0 Å². The number of hydrogen-bond acceptors (Lipinski definition) is 2. The molecule has 0 amide bonds. The van der Waals surface area contributed by atoms with Crippen molar-refractivity contribution in [1.82, 2.24) is 10.3 Å². The fourth-order valence-corrected chi connectivity index (χ4v) is 3.86. The molecule has 1 aromatic rings. The van der Waals surface area contributed by atoms with Gasteiger partial charge in [0.2, 0.25) is 0 Å². The molecule has 1 atom stereocenters. The van der Waals surface area contributed by atoms with Gasteiger partial charge in [-0.1, -0.05) is 19.3 Å². The van der Waals surface area contributed by atoms with Crippen LogP contribution >= 0.6 is 0 Å². The van der Waals surface area contributed by atoms with E-state index in [9.17, 15) is 0 Å². The van der Waals surface area contributed by atoms with E-state index in [0.717, 1.165) is 0 Å². The average Bonchev–Trinajstić information content (AvgIpc) is 2.95. The summed E-state index contributed by atoms with van der Waals surface area (Å²) in [4.78, 5) is 4.18. The summed E-state index contributed by atoms with van der Waals surface area (Å²) in [6.07, 6.45) is 13.5. The topological polar surface area (TPSA) is 24.9 Å². The molecule has 2 heteroatoms. The van der Waals surface area contributed by atoms with E-state index in [2.05, 4.69) is 22.4 Å². The van der Waals surface area contributed by atoms with Crippen molar-refractivity contribution in [3.63, 3.8) is 0 Å². The molecule has 1 aliphatic heterocycles. The van der Waals surface area contributed by atoms with E-state index in [1.54, 1.807) is 0 Å². The van der Waals surface area contributed by atoms with Crippen molar-refractivity contribution in [2.24, 2.45) is 0 Å². The predicted octanol–water partition coefficient (Wildman–Crippen LogP) is 3.04. The Labute approximate surface area is 104 Å². The van der Waals surface area contributed by atoms with Crippen LogP contribution in [-0.2, 0) is 5.41 Å². The molecule has 2 fully saturated rings. The summed E-state index contributed by atoms with van der Waals surface area (Å²) in [5.74, 6) is 0. The summed E-state index contributed by atoms with van der Waals surface area (Å²) >= 11 is 0. The van der Waals surface area contributed by atoms with Crippen molar-refractivity contribution in [1.29, 1.82) is 0 Å². The van der Waals surface area contributed by atoms with Gasteiger partial charge in [-0.25, -0.2) is 0 Å². The summed E-state index contributed by atoms with van der Waals surface area (Å²) in [6, 6.07) is 5.18. The lowest BCUT2D eigenvalue weighted by atomic mass is 9.64. The fraction of sp³-hybridized carbons (Fsp3) is 0.667. The summed E-state index contributed by atoms with van der Waals surface area (Å²) in [5.41, 5.74) is 1.92. The third-order valence-corrected chi connectivity index (χ3v) is 4.73. The highest BCUT2D eigenvalue weighted by Crippen LogP contribution is 2.44. The molecular formula is C15H22N2. The molecule has 0 aromatic carbocycles. The highest BCUT2D eigenvalue weighted by molar-refractivity contribution is 5.27. The normalized spacial score (nSPS) is 28.1. The molecule has 0 bridgehead atoms. The molecule has 2 aliphatic rings. The number of hydrogen-bond donors (Lipinski definition) is 1. The van der Waals surface area contributed by atoms with Crippen LogP contribution in [0.15, 0.2) is 24.5 Å². The van der Waals surface area contributed by atoms with E-state index >= 15 is 0 Å². The SMILES string of the molecule is c1cc(C2(C3CCCN3)CCCCC2)ccn1. The molecule has 3 rings (SSSR count).